The second-order valence-corrected chi connectivity index (χ2v) is 10.2. The van der Waals surface area contributed by atoms with Crippen molar-refractivity contribution in [1.29, 1.82) is 5.26 Å². The number of hydrogen-bond acceptors (Lipinski definition) is 4. The van der Waals surface area contributed by atoms with E-state index in [0.717, 1.165) is 37.9 Å². The van der Waals surface area contributed by atoms with Gasteiger partial charge in [0.05, 0.1) is 36.5 Å². The summed E-state index contributed by atoms with van der Waals surface area (Å²) < 4.78 is 5.61. The summed E-state index contributed by atoms with van der Waals surface area (Å²) in [6.45, 7) is 1.50. The summed E-state index contributed by atoms with van der Waals surface area (Å²) in [5.74, 6) is 1.19. The van der Waals surface area contributed by atoms with Crippen LogP contribution in [0.2, 0.25) is 0 Å². The van der Waals surface area contributed by atoms with Gasteiger partial charge in [0.2, 0.25) is 0 Å². The maximum Gasteiger partial charge on any atom is 0.325 e. The standard InChI is InChI=1S/C28H34N4O2/c1-30-28(23-9-4-3-5-10-23)15-13-27(14-16-28)20-31(26(33)32(27)19-21-7-6-8-21)24-12-11-22(18-29)17-25(24)34-2/h3-5,9-12,17,21,30H,6-8,13-16,19-20H2,1-2H3/t27-,28-. The highest BCUT2D eigenvalue weighted by atomic mass is 16.5. The molecule has 6 nitrogen and oxygen atoms in total. The molecule has 3 aliphatic rings. The molecule has 2 amide bonds. The largest absolute Gasteiger partial charge is 0.495 e. The van der Waals surface area contributed by atoms with E-state index in [-0.39, 0.29) is 17.1 Å². The zero-order valence-electron chi connectivity index (χ0n) is 20.2. The quantitative estimate of drug-likeness (QED) is 0.659. The summed E-state index contributed by atoms with van der Waals surface area (Å²) in [5.41, 5.74) is 2.38. The Morgan fingerprint density at radius 1 is 1.12 bits per heavy atom. The van der Waals surface area contributed by atoms with Crippen LogP contribution in [0.15, 0.2) is 48.5 Å². The summed E-state index contributed by atoms with van der Waals surface area (Å²) in [6, 6.07) is 18.3. The van der Waals surface area contributed by atoms with Gasteiger partial charge in [-0.05, 0) is 69.2 Å². The summed E-state index contributed by atoms with van der Waals surface area (Å²) in [5, 5.41) is 12.9. The van der Waals surface area contributed by atoms with Crippen LogP contribution in [0.3, 0.4) is 0 Å². The van der Waals surface area contributed by atoms with Crippen LogP contribution >= 0.6 is 0 Å². The minimum atomic E-state index is -0.180. The lowest BCUT2D eigenvalue weighted by Crippen LogP contribution is -2.56. The van der Waals surface area contributed by atoms with Gasteiger partial charge in [0.15, 0.2) is 0 Å². The predicted molar refractivity (Wildman–Crippen MR) is 133 cm³/mol. The van der Waals surface area contributed by atoms with E-state index in [1.54, 1.807) is 19.2 Å². The smallest absolute Gasteiger partial charge is 0.325 e. The van der Waals surface area contributed by atoms with Crippen molar-refractivity contribution in [2.45, 2.75) is 56.0 Å². The third-order valence-electron chi connectivity index (χ3n) is 8.59. The molecule has 2 aromatic carbocycles. The lowest BCUT2D eigenvalue weighted by atomic mass is 9.68. The van der Waals surface area contributed by atoms with Crippen LogP contribution in [-0.4, -0.2) is 43.7 Å². The molecule has 6 heteroatoms. The van der Waals surface area contributed by atoms with Crippen LogP contribution in [0.5, 0.6) is 5.75 Å². The van der Waals surface area contributed by atoms with Crippen LogP contribution in [0.25, 0.3) is 0 Å². The van der Waals surface area contributed by atoms with Crippen molar-refractivity contribution in [3.05, 3.63) is 59.7 Å². The van der Waals surface area contributed by atoms with Gasteiger partial charge in [0.25, 0.3) is 0 Å². The third kappa shape index (κ3) is 3.73. The summed E-state index contributed by atoms with van der Waals surface area (Å²) in [4.78, 5) is 18.0. The van der Waals surface area contributed by atoms with E-state index in [0.29, 0.717) is 23.8 Å². The average molecular weight is 459 g/mol. The van der Waals surface area contributed by atoms with Gasteiger partial charge in [-0.1, -0.05) is 36.8 Å². The summed E-state index contributed by atoms with van der Waals surface area (Å²) in [7, 11) is 3.66. The van der Waals surface area contributed by atoms with Crippen LogP contribution in [0.4, 0.5) is 10.5 Å². The highest BCUT2D eigenvalue weighted by molar-refractivity contribution is 5.97. The van der Waals surface area contributed by atoms with Crippen LogP contribution in [0, 0.1) is 17.2 Å². The first kappa shape index (κ1) is 22.7. The summed E-state index contributed by atoms with van der Waals surface area (Å²) >= 11 is 0. The highest BCUT2D eigenvalue weighted by Gasteiger charge is 2.54. The molecule has 0 radical (unpaired) electrons. The van der Waals surface area contributed by atoms with Crippen molar-refractivity contribution in [3.63, 3.8) is 0 Å². The predicted octanol–water partition coefficient (Wildman–Crippen LogP) is 5.04. The van der Waals surface area contributed by atoms with Crippen molar-refractivity contribution in [1.82, 2.24) is 10.2 Å². The molecule has 2 aromatic rings. The average Bonchev–Trinajstić information content (AvgIpc) is 3.13. The Bertz CT molecular complexity index is 1080. The maximum atomic E-state index is 13.9. The number of nitrogens with one attached hydrogen (secondary N) is 1. The molecule has 3 fully saturated rings. The van der Waals surface area contributed by atoms with Crippen molar-refractivity contribution < 1.29 is 9.53 Å². The minimum Gasteiger partial charge on any atom is -0.495 e. The molecule has 5 rings (SSSR count). The lowest BCUT2D eigenvalue weighted by molar-refractivity contribution is 0.0593. The number of methoxy groups -OCH3 is 1. The number of benzene rings is 2. The van der Waals surface area contributed by atoms with Gasteiger partial charge < -0.3 is 15.0 Å². The van der Waals surface area contributed by atoms with Gasteiger partial charge in [0.1, 0.15) is 5.75 Å². The highest BCUT2D eigenvalue weighted by Crippen LogP contribution is 2.49. The Morgan fingerprint density at radius 2 is 1.85 bits per heavy atom. The van der Waals surface area contributed by atoms with Gasteiger partial charge in [-0.2, -0.15) is 5.26 Å². The van der Waals surface area contributed by atoms with E-state index in [4.69, 9.17) is 4.74 Å². The molecular weight excluding hydrogens is 424 g/mol. The van der Waals surface area contributed by atoms with E-state index in [9.17, 15) is 10.1 Å². The Labute approximate surface area is 202 Å². The first-order chi connectivity index (χ1) is 16.5. The molecule has 0 unspecified atom stereocenters. The van der Waals surface area contributed by atoms with Crippen molar-refractivity contribution in [2.75, 3.05) is 32.1 Å². The van der Waals surface area contributed by atoms with Crippen molar-refractivity contribution >= 4 is 11.7 Å². The third-order valence-corrected chi connectivity index (χ3v) is 8.59. The second-order valence-electron chi connectivity index (χ2n) is 10.2. The fraction of sp³-hybridized carbons (Fsp3) is 0.500. The Hall–Kier alpha value is -3.04. The fourth-order valence-electron chi connectivity index (χ4n) is 6.17. The Kier molecular flexibility index (Phi) is 5.99. The molecule has 0 bridgehead atoms. The molecule has 1 aliphatic heterocycles. The van der Waals surface area contributed by atoms with Crippen LogP contribution in [0.1, 0.15) is 56.1 Å². The SMILES string of the molecule is CN[C@]1(c2ccccc2)CC[C@@]2(CC1)CN(c1ccc(C#N)cc1OC)C(=O)N2CC1CCC1. The van der Waals surface area contributed by atoms with Crippen LogP contribution in [-0.2, 0) is 5.54 Å². The zero-order valence-corrected chi connectivity index (χ0v) is 20.2. The molecule has 1 N–H and O–H groups in total. The fourth-order valence-corrected chi connectivity index (χ4v) is 6.17. The van der Waals surface area contributed by atoms with Gasteiger partial charge in [-0.25, -0.2) is 4.79 Å². The number of ether oxygens (including phenoxy) is 1. The summed E-state index contributed by atoms with van der Waals surface area (Å²) in [6.07, 6.45) is 7.58. The number of urea groups is 1. The van der Waals surface area contributed by atoms with Crippen LogP contribution < -0.4 is 15.0 Å². The Morgan fingerprint density at radius 3 is 2.44 bits per heavy atom. The monoisotopic (exact) mass is 458 g/mol. The van der Waals surface area contributed by atoms with E-state index in [1.165, 1.54) is 24.8 Å². The first-order valence-electron chi connectivity index (χ1n) is 12.5. The van der Waals surface area contributed by atoms with Gasteiger partial charge in [0, 0.05) is 18.2 Å². The molecule has 0 atom stereocenters. The molecule has 34 heavy (non-hydrogen) atoms. The molecular formula is C28H34N4O2. The van der Waals surface area contributed by atoms with Crippen molar-refractivity contribution in [2.24, 2.45) is 5.92 Å². The number of nitrogens with zero attached hydrogens (tertiary/aromatic N) is 3. The molecule has 2 aliphatic carbocycles. The van der Waals surface area contributed by atoms with Gasteiger partial charge in [-0.15, -0.1) is 0 Å². The number of rotatable bonds is 6. The molecule has 0 aromatic heterocycles. The first-order valence-corrected chi connectivity index (χ1v) is 12.5. The number of carbonyl (C=O) groups excluding carboxylic acids is 1. The molecule has 2 saturated carbocycles. The number of amides is 2. The number of anilines is 1. The van der Waals surface area contributed by atoms with E-state index < -0.39 is 0 Å². The normalized spacial score (nSPS) is 27.0. The molecule has 178 valence electrons. The zero-order chi connectivity index (χ0) is 23.8. The van der Waals surface area contributed by atoms with E-state index in [1.807, 2.05) is 11.0 Å². The van der Waals surface area contributed by atoms with E-state index >= 15 is 0 Å². The number of hydrogen-bond donors (Lipinski definition) is 1. The molecule has 1 spiro atoms. The molecule has 1 heterocycles. The van der Waals surface area contributed by atoms with Gasteiger partial charge >= 0.3 is 6.03 Å². The topological polar surface area (TPSA) is 68.6 Å². The maximum absolute atomic E-state index is 13.9. The number of carbonyl (C=O) groups is 1. The van der Waals surface area contributed by atoms with Gasteiger partial charge in [-0.3, -0.25) is 4.90 Å². The Balaban J connectivity index is 1.46. The van der Waals surface area contributed by atoms with Crippen molar-refractivity contribution in [3.8, 4) is 11.8 Å². The second kappa shape index (κ2) is 8.96. The van der Waals surface area contributed by atoms with E-state index in [2.05, 4.69) is 53.7 Å². The number of nitriles is 1. The lowest BCUT2D eigenvalue weighted by Gasteiger charge is -2.49. The minimum absolute atomic E-state index is 0.0583. The molecule has 1 saturated heterocycles.